The third-order valence-electron chi connectivity index (χ3n) is 5.04. The number of ether oxygens (including phenoxy) is 1. The molecule has 0 heterocycles. The molecule has 4 unspecified atom stereocenters. The summed E-state index contributed by atoms with van der Waals surface area (Å²) in [6.45, 7) is 14.3. The average Bonchev–Trinajstić information content (AvgIpc) is 3.32. The highest BCUT2D eigenvalue weighted by Crippen LogP contribution is 2.42. The van der Waals surface area contributed by atoms with Crippen molar-refractivity contribution in [3.63, 3.8) is 0 Å². The van der Waals surface area contributed by atoms with E-state index >= 15 is 0 Å². The summed E-state index contributed by atoms with van der Waals surface area (Å²) in [5, 5.41) is 16.0. The number of phenols is 1. The summed E-state index contributed by atoms with van der Waals surface area (Å²) in [6.07, 6.45) is 0.0260. The van der Waals surface area contributed by atoms with E-state index in [1.54, 1.807) is 45.9 Å². The second-order valence-electron chi connectivity index (χ2n) is 10.6. The van der Waals surface area contributed by atoms with Gasteiger partial charge in [0.2, 0.25) is 11.8 Å². The normalized spacial score (nSPS) is 20.0. The number of hydrogen-bond donors (Lipinski definition) is 3. The summed E-state index contributed by atoms with van der Waals surface area (Å²) in [7, 11) is 0. The minimum Gasteiger partial charge on any atom is -0.508 e. The van der Waals surface area contributed by atoms with E-state index < -0.39 is 41.1 Å². The molecule has 8 nitrogen and oxygen atoms in total. The topological polar surface area (TPSA) is 108 Å². The number of alkyl carbamates (subject to hydrolysis) is 1. The zero-order valence-corrected chi connectivity index (χ0v) is 20.4. The van der Waals surface area contributed by atoms with E-state index in [1.165, 1.54) is 11.0 Å². The zero-order chi connectivity index (χ0) is 24.4. The lowest BCUT2D eigenvalue weighted by Gasteiger charge is -2.36. The number of carbonyl (C=O) groups is 3. The van der Waals surface area contributed by atoms with Crippen LogP contribution in [0.5, 0.6) is 5.75 Å². The lowest BCUT2D eigenvalue weighted by atomic mass is 9.99. The molecule has 2 rings (SSSR count). The maximum Gasteiger partial charge on any atom is 0.408 e. The molecule has 0 aliphatic heterocycles. The fourth-order valence-electron chi connectivity index (χ4n) is 3.52. The molecule has 1 saturated carbocycles. The van der Waals surface area contributed by atoms with Crippen molar-refractivity contribution in [1.82, 2.24) is 15.5 Å². The number of benzene rings is 1. The first-order valence-electron chi connectivity index (χ1n) is 11.0. The molecule has 0 saturated heterocycles. The SMILES string of the molecule is CC(NC(=O)OC(C)(C)C)C(=O)N(C(C(=O)NC(C)(C)C)c1ccccc1O)C1CC1C. The van der Waals surface area contributed by atoms with Crippen LogP contribution in [0.3, 0.4) is 0 Å². The molecule has 0 spiro atoms. The maximum atomic E-state index is 13.6. The van der Waals surface area contributed by atoms with E-state index in [1.807, 2.05) is 27.7 Å². The van der Waals surface area contributed by atoms with Crippen LogP contribution in [0.2, 0.25) is 0 Å². The van der Waals surface area contributed by atoms with Crippen molar-refractivity contribution in [1.29, 1.82) is 0 Å². The molecule has 0 aromatic heterocycles. The zero-order valence-electron chi connectivity index (χ0n) is 20.4. The minimum absolute atomic E-state index is 0.0691. The fraction of sp³-hybridized carbons (Fsp3) is 0.625. The number of para-hydroxylation sites is 1. The van der Waals surface area contributed by atoms with Crippen LogP contribution in [0.1, 0.15) is 73.4 Å². The Morgan fingerprint density at radius 2 is 1.69 bits per heavy atom. The lowest BCUT2D eigenvalue weighted by Crippen LogP contribution is -2.54. The van der Waals surface area contributed by atoms with E-state index in [0.717, 1.165) is 6.42 Å². The summed E-state index contributed by atoms with van der Waals surface area (Å²) in [5.41, 5.74) is -0.905. The van der Waals surface area contributed by atoms with Gasteiger partial charge in [-0.05, 0) is 66.9 Å². The Morgan fingerprint density at radius 3 is 2.16 bits per heavy atom. The van der Waals surface area contributed by atoms with Gasteiger partial charge in [-0.2, -0.15) is 0 Å². The number of hydrogen-bond acceptors (Lipinski definition) is 5. The van der Waals surface area contributed by atoms with Crippen molar-refractivity contribution in [2.45, 2.75) is 91.1 Å². The second kappa shape index (κ2) is 9.38. The van der Waals surface area contributed by atoms with Crippen LogP contribution in [-0.2, 0) is 14.3 Å². The Hall–Kier alpha value is -2.77. The first-order valence-corrected chi connectivity index (χ1v) is 11.0. The molecule has 0 bridgehead atoms. The van der Waals surface area contributed by atoms with Gasteiger partial charge in [-0.25, -0.2) is 4.79 Å². The number of nitrogens with zero attached hydrogens (tertiary/aromatic N) is 1. The predicted octanol–water partition coefficient (Wildman–Crippen LogP) is 3.50. The summed E-state index contributed by atoms with van der Waals surface area (Å²) in [4.78, 5) is 40.7. The van der Waals surface area contributed by atoms with Crippen molar-refractivity contribution in [3.05, 3.63) is 29.8 Å². The molecule has 3 N–H and O–H groups in total. The quantitative estimate of drug-likeness (QED) is 0.619. The van der Waals surface area contributed by atoms with Gasteiger partial charge in [0, 0.05) is 17.1 Å². The van der Waals surface area contributed by atoms with E-state index in [0.29, 0.717) is 5.56 Å². The smallest absolute Gasteiger partial charge is 0.408 e. The van der Waals surface area contributed by atoms with Crippen LogP contribution in [0.4, 0.5) is 4.79 Å². The molecule has 32 heavy (non-hydrogen) atoms. The molecule has 1 aromatic rings. The minimum atomic E-state index is -1.04. The van der Waals surface area contributed by atoms with Gasteiger partial charge in [-0.1, -0.05) is 25.1 Å². The van der Waals surface area contributed by atoms with Gasteiger partial charge in [-0.15, -0.1) is 0 Å². The molecule has 1 aliphatic rings. The Balaban J connectivity index is 2.41. The van der Waals surface area contributed by atoms with E-state index in [9.17, 15) is 19.5 Å². The summed E-state index contributed by atoms with van der Waals surface area (Å²) in [5.74, 6) is -0.678. The molecular weight excluding hydrogens is 410 g/mol. The van der Waals surface area contributed by atoms with Gasteiger partial charge in [0.15, 0.2) is 0 Å². The number of phenolic OH excluding ortho intramolecular Hbond substituents is 1. The molecule has 3 amide bonds. The van der Waals surface area contributed by atoms with Crippen LogP contribution >= 0.6 is 0 Å². The molecule has 1 aromatic carbocycles. The molecule has 178 valence electrons. The molecule has 1 aliphatic carbocycles. The first-order chi connectivity index (χ1) is 14.6. The Bertz CT molecular complexity index is 856. The lowest BCUT2D eigenvalue weighted by molar-refractivity contribution is -0.143. The van der Waals surface area contributed by atoms with Crippen molar-refractivity contribution in [3.8, 4) is 5.75 Å². The van der Waals surface area contributed by atoms with Crippen molar-refractivity contribution in [2.75, 3.05) is 0 Å². The number of nitrogens with one attached hydrogen (secondary N) is 2. The molecule has 4 atom stereocenters. The molecule has 8 heteroatoms. The Morgan fingerprint density at radius 1 is 1.12 bits per heavy atom. The monoisotopic (exact) mass is 447 g/mol. The average molecular weight is 448 g/mol. The van der Waals surface area contributed by atoms with Crippen molar-refractivity contribution >= 4 is 17.9 Å². The van der Waals surface area contributed by atoms with Crippen molar-refractivity contribution in [2.24, 2.45) is 5.92 Å². The number of amides is 3. The highest BCUT2D eigenvalue weighted by Gasteiger charge is 2.48. The number of rotatable bonds is 6. The van der Waals surface area contributed by atoms with Gasteiger partial charge in [-0.3, -0.25) is 9.59 Å². The van der Waals surface area contributed by atoms with Crippen LogP contribution in [0.15, 0.2) is 24.3 Å². The van der Waals surface area contributed by atoms with Crippen LogP contribution in [0.25, 0.3) is 0 Å². The highest BCUT2D eigenvalue weighted by atomic mass is 16.6. The van der Waals surface area contributed by atoms with Gasteiger partial charge < -0.3 is 25.4 Å². The molecule has 1 fully saturated rings. The van der Waals surface area contributed by atoms with E-state index in [2.05, 4.69) is 10.6 Å². The highest BCUT2D eigenvalue weighted by molar-refractivity contribution is 5.93. The maximum absolute atomic E-state index is 13.6. The summed E-state index contributed by atoms with van der Waals surface area (Å²) in [6, 6.07) is 4.37. The van der Waals surface area contributed by atoms with E-state index in [-0.39, 0.29) is 17.7 Å². The fourth-order valence-corrected chi connectivity index (χ4v) is 3.52. The Kier molecular flexibility index (Phi) is 7.47. The standard InChI is InChI=1S/C24H37N3O5/c1-14-13-17(14)27(21(30)15(2)25-22(31)32-24(6,7)8)19(20(29)26-23(3,4)5)16-11-9-10-12-18(16)28/h9-12,14-15,17,19,28H,13H2,1-8H3,(H,25,31)(H,26,29). The largest absolute Gasteiger partial charge is 0.508 e. The van der Waals surface area contributed by atoms with Crippen LogP contribution < -0.4 is 10.6 Å². The summed E-state index contributed by atoms with van der Waals surface area (Å²) >= 11 is 0. The Labute approximate surface area is 190 Å². The summed E-state index contributed by atoms with van der Waals surface area (Å²) < 4.78 is 5.27. The first kappa shape index (κ1) is 25.5. The molecular formula is C24H37N3O5. The van der Waals surface area contributed by atoms with Crippen LogP contribution in [-0.4, -0.2) is 51.1 Å². The predicted molar refractivity (Wildman–Crippen MR) is 122 cm³/mol. The van der Waals surface area contributed by atoms with Crippen molar-refractivity contribution < 1.29 is 24.2 Å². The van der Waals surface area contributed by atoms with Gasteiger partial charge in [0.05, 0.1) is 0 Å². The number of aromatic hydroxyl groups is 1. The van der Waals surface area contributed by atoms with E-state index in [4.69, 9.17) is 4.74 Å². The second-order valence-corrected chi connectivity index (χ2v) is 10.6. The van der Waals surface area contributed by atoms with Gasteiger partial charge in [0.1, 0.15) is 23.4 Å². The van der Waals surface area contributed by atoms with Gasteiger partial charge >= 0.3 is 6.09 Å². The van der Waals surface area contributed by atoms with Crippen LogP contribution in [0, 0.1) is 5.92 Å². The molecule has 0 radical (unpaired) electrons. The third kappa shape index (κ3) is 6.87. The third-order valence-corrected chi connectivity index (χ3v) is 5.04. The van der Waals surface area contributed by atoms with Gasteiger partial charge in [0.25, 0.3) is 0 Å². The number of carbonyl (C=O) groups excluding carboxylic acids is 3.